The summed E-state index contributed by atoms with van der Waals surface area (Å²) in [6, 6.07) is 5.85. The summed E-state index contributed by atoms with van der Waals surface area (Å²) in [4.78, 5) is 25.2. The molecule has 1 aliphatic heterocycles. The highest BCUT2D eigenvalue weighted by atomic mass is 127. The third kappa shape index (κ3) is 2.82. The van der Waals surface area contributed by atoms with Gasteiger partial charge in [-0.25, -0.2) is 0 Å². The summed E-state index contributed by atoms with van der Waals surface area (Å²) >= 11 is 2.18. The maximum atomic E-state index is 12.2. The molecule has 0 saturated carbocycles. The van der Waals surface area contributed by atoms with Gasteiger partial charge in [-0.15, -0.1) is 0 Å². The first-order valence-electron chi connectivity index (χ1n) is 5.85. The van der Waals surface area contributed by atoms with E-state index >= 15 is 0 Å². The van der Waals surface area contributed by atoms with Crippen molar-refractivity contribution in [3.8, 4) is 0 Å². The van der Waals surface area contributed by atoms with Gasteiger partial charge in [0, 0.05) is 15.7 Å². The van der Waals surface area contributed by atoms with Gasteiger partial charge in [-0.1, -0.05) is 6.07 Å². The number of fused-ring (bicyclic) bond motifs is 1. The molecule has 2 rings (SSSR count). The second-order valence-electron chi connectivity index (χ2n) is 4.08. The molecule has 18 heavy (non-hydrogen) atoms. The summed E-state index contributed by atoms with van der Waals surface area (Å²) < 4.78 is 5.90. The van der Waals surface area contributed by atoms with Crippen LogP contribution in [0.25, 0.3) is 0 Å². The van der Waals surface area contributed by atoms with E-state index in [2.05, 4.69) is 22.6 Å². The molecular weight excluding hydrogens is 345 g/mol. The van der Waals surface area contributed by atoms with Crippen LogP contribution in [0.1, 0.15) is 22.8 Å². The number of benzene rings is 1. The number of carbonyl (C=O) groups is 2. The first-order valence-corrected chi connectivity index (χ1v) is 6.93. The van der Waals surface area contributed by atoms with Crippen LogP contribution in [-0.4, -0.2) is 36.5 Å². The van der Waals surface area contributed by atoms with E-state index in [0.29, 0.717) is 18.7 Å². The van der Waals surface area contributed by atoms with E-state index in [9.17, 15) is 9.59 Å². The summed E-state index contributed by atoms with van der Waals surface area (Å²) in [6.45, 7) is 2.71. The van der Waals surface area contributed by atoms with Gasteiger partial charge in [0.2, 0.25) is 0 Å². The van der Waals surface area contributed by atoms with Crippen LogP contribution in [0.5, 0.6) is 0 Å². The largest absolute Gasteiger partial charge is 0.465 e. The molecule has 0 spiro atoms. The Morgan fingerprint density at radius 3 is 3.00 bits per heavy atom. The van der Waals surface area contributed by atoms with Crippen molar-refractivity contribution in [1.29, 1.82) is 0 Å². The predicted molar refractivity (Wildman–Crippen MR) is 75.4 cm³/mol. The number of hydrogen-bond donors (Lipinski definition) is 0. The van der Waals surface area contributed by atoms with Crippen LogP contribution in [-0.2, 0) is 16.0 Å². The van der Waals surface area contributed by atoms with Gasteiger partial charge in [0.15, 0.2) is 0 Å². The van der Waals surface area contributed by atoms with Crippen LogP contribution in [0.15, 0.2) is 18.2 Å². The number of hydrogen-bond acceptors (Lipinski definition) is 3. The van der Waals surface area contributed by atoms with E-state index in [0.717, 1.165) is 15.6 Å². The Balaban J connectivity index is 2.15. The average Bonchev–Trinajstić information content (AvgIpc) is 2.34. The third-order valence-corrected chi connectivity index (χ3v) is 3.54. The van der Waals surface area contributed by atoms with E-state index in [-0.39, 0.29) is 18.4 Å². The minimum absolute atomic E-state index is 0.0393. The first kappa shape index (κ1) is 13.3. The molecule has 0 radical (unpaired) electrons. The Labute approximate surface area is 119 Å². The Morgan fingerprint density at radius 2 is 2.28 bits per heavy atom. The molecule has 0 aromatic heterocycles. The van der Waals surface area contributed by atoms with E-state index in [1.54, 1.807) is 11.8 Å². The Hall–Kier alpha value is -1.11. The Kier molecular flexibility index (Phi) is 4.21. The maximum Gasteiger partial charge on any atom is 0.325 e. The number of rotatable bonds is 3. The fraction of sp³-hybridized carbons (Fsp3) is 0.385. The van der Waals surface area contributed by atoms with Crippen molar-refractivity contribution in [3.05, 3.63) is 32.9 Å². The monoisotopic (exact) mass is 359 g/mol. The lowest BCUT2D eigenvalue weighted by Crippen LogP contribution is -2.41. The summed E-state index contributed by atoms with van der Waals surface area (Å²) in [5.74, 6) is -0.428. The zero-order valence-electron chi connectivity index (χ0n) is 10.1. The van der Waals surface area contributed by atoms with Gasteiger partial charge in [0.25, 0.3) is 5.91 Å². The van der Waals surface area contributed by atoms with Crippen molar-refractivity contribution >= 4 is 34.5 Å². The van der Waals surface area contributed by atoms with Crippen LogP contribution >= 0.6 is 22.6 Å². The predicted octanol–water partition coefficient (Wildman–Crippen LogP) is 1.85. The maximum absolute atomic E-state index is 12.2. The summed E-state index contributed by atoms with van der Waals surface area (Å²) in [5.41, 5.74) is 1.76. The highest BCUT2D eigenvalue weighted by molar-refractivity contribution is 14.1. The van der Waals surface area contributed by atoms with Crippen LogP contribution < -0.4 is 0 Å². The molecule has 1 aromatic rings. The molecule has 0 fully saturated rings. The summed E-state index contributed by atoms with van der Waals surface area (Å²) in [5, 5.41) is 0. The topological polar surface area (TPSA) is 46.6 Å². The molecule has 0 saturated heterocycles. The number of nitrogens with zero attached hydrogens (tertiary/aromatic N) is 1. The number of amides is 1. The van der Waals surface area contributed by atoms with Gasteiger partial charge in [-0.3, -0.25) is 9.59 Å². The fourth-order valence-electron chi connectivity index (χ4n) is 2.01. The zero-order chi connectivity index (χ0) is 13.1. The second-order valence-corrected chi connectivity index (χ2v) is 5.33. The van der Waals surface area contributed by atoms with Gasteiger partial charge in [-0.2, -0.15) is 0 Å². The highest BCUT2D eigenvalue weighted by Gasteiger charge is 2.26. The normalized spacial score (nSPS) is 14.3. The van der Waals surface area contributed by atoms with Crippen molar-refractivity contribution in [2.24, 2.45) is 0 Å². The Morgan fingerprint density at radius 1 is 1.50 bits per heavy atom. The van der Waals surface area contributed by atoms with Crippen LogP contribution in [0.3, 0.4) is 0 Å². The molecule has 0 atom stereocenters. The molecule has 4 nitrogen and oxygen atoms in total. The van der Waals surface area contributed by atoms with Crippen molar-refractivity contribution in [1.82, 2.24) is 4.90 Å². The van der Waals surface area contributed by atoms with E-state index in [1.165, 1.54) is 0 Å². The lowest BCUT2D eigenvalue weighted by Gasteiger charge is -2.27. The molecule has 96 valence electrons. The third-order valence-electron chi connectivity index (χ3n) is 2.87. The standard InChI is InChI=1S/C13H14INO3/c1-2-18-12(16)8-15-6-5-9-3-4-10(14)7-11(9)13(15)17/h3-4,7H,2,5-6,8H2,1H3. The smallest absolute Gasteiger partial charge is 0.325 e. The van der Waals surface area contributed by atoms with E-state index in [1.807, 2.05) is 18.2 Å². The van der Waals surface area contributed by atoms with Gasteiger partial charge in [0.1, 0.15) is 6.54 Å². The highest BCUT2D eigenvalue weighted by Crippen LogP contribution is 2.21. The molecule has 5 heteroatoms. The molecule has 0 bridgehead atoms. The van der Waals surface area contributed by atoms with Crippen molar-refractivity contribution < 1.29 is 14.3 Å². The SMILES string of the molecule is CCOC(=O)CN1CCc2ccc(I)cc2C1=O. The average molecular weight is 359 g/mol. The van der Waals surface area contributed by atoms with Crippen molar-refractivity contribution in [2.75, 3.05) is 19.7 Å². The summed E-state index contributed by atoms with van der Waals surface area (Å²) in [7, 11) is 0. The lowest BCUT2D eigenvalue weighted by atomic mass is 9.99. The number of halogens is 1. The molecule has 1 heterocycles. The molecule has 1 amide bonds. The second kappa shape index (κ2) is 5.69. The van der Waals surface area contributed by atoms with E-state index in [4.69, 9.17) is 4.74 Å². The summed E-state index contributed by atoms with van der Waals surface area (Å²) in [6.07, 6.45) is 0.789. The van der Waals surface area contributed by atoms with Crippen LogP contribution in [0, 0.1) is 3.57 Å². The van der Waals surface area contributed by atoms with Gasteiger partial charge >= 0.3 is 5.97 Å². The van der Waals surface area contributed by atoms with Crippen LogP contribution in [0.2, 0.25) is 0 Å². The fourth-order valence-corrected chi connectivity index (χ4v) is 2.50. The molecular formula is C13H14INO3. The first-order chi connectivity index (χ1) is 8.61. The number of esters is 1. The molecule has 1 aromatic carbocycles. The number of carbonyl (C=O) groups excluding carboxylic acids is 2. The van der Waals surface area contributed by atoms with Crippen LogP contribution in [0.4, 0.5) is 0 Å². The molecule has 0 unspecified atom stereocenters. The lowest BCUT2D eigenvalue weighted by molar-refractivity contribution is -0.143. The molecule has 0 aliphatic carbocycles. The van der Waals surface area contributed by atoms with Gasteiger partial charge in [-0.05, 0) is 53.6 Å². The van der Waals surface area contributed by atoms with Gasteiger partial charge < -0.3 is 9.64 Å². The Bertz CT molecular complexity index is 487. The van der Waals surface area contributed by atoms with Crippen molar-refractivity contribution in [2.45, 2.75) is 13.3 Å². The van der Waals surface area contributed by atoms with Crippen molar-refractivity contribution in [3.63, 3.8) is 0 Å². The quantitative estimate of drug-likeness (QED) is 0.611. The molecule has 0 N–H and O–H groups in total. The minimum atomic E-state index is -0.347. The zero-order valence-corrected chi connectivity index (χ0v) is 12.3. The number of ether oxygens (including phenoxy) is 1. The van der Waals surface area contributed by atoms with E-state index < -0.39 is 0 Å². The minimum Gasteiger partial charge on any atom is -0.465 e. The molecule has 1 aliphatic rings. The van der Waals surface area contributed by atoms with Gasteiger partial charge in [0.05, 0.1) is 6.61 Å².